The first-order valence-electron chi connectivity index (χ1n) is 10.4. The molecule has 0 aliphatic carbocycles. The average Bonchev–Trinajstić information content (AvgIpc) is 2.87. The highest BCUT2D eigenvalue weighted by molar-refractivity contribution is 5.77. The summed E-state index contributed by atoms with van der Waals surface area (Å²) in [5.74, 6) is 0.574. The number of pyridine rings is 1. The quantitative estimate of drug-likeness (QED) is 0.279. The zero-order valence-corrected chi connectivity index (χ0v) is 17.8. The molecule has 0 unspecified atom stereocenters. The molecule has 1 N–H and O–H groups in total. The monoisotopic (exact) mass is 442 g/mol. The summed E-state index contributed by atoms with van der Waals surface area (Å²) in [6.45, 7) is 0.283. The average molecular weight is 442 g/mol. The zero-order chi connectivity index (χ0) is 23.0. The number of hydrogen-bond acceptors (Lipinski definition) is 6. The molecule has 33 heavy (non-hydrogen) atoms. The number of nitrogens with zero attached hydrogens (tertiary/aromatic N) is 2. The van der Waals surface area contributed by atoms with Crippen LogP contribution in [0.5, 0.6) is 11.8 Å². The number of benzene rings is 3. The Balaban J connectivity index is 1.68. The summed E-state index contributed by atoms with van der Waals surface area (Å²) in [6, 6.07) is 27.2. The van der Waals surface area contributed by atoms with Gasteiger partial charge in [0.25, 0.3) is 5.69 Å². The maximum absolute atomic E-state index is 11.7. The maximum Gasteiger partial charge on any atom is 0.277 e. The third-order valence-corrected chi connectivity index (χ3v) is 5.01. The van der Waals surface area contributed by atoms with E-state index in [1.807, 2.05) is 60.7 Å². The molecule has 4 aromatic rings. The first-order chi connectivity index (χ1) is 16.1. The van der Waals surface area contributed by atoms with Crippen molar-refractivity contribution < 1.29 is 19.5 Å². The van der Waals surface area contributed by atoms with Gasteiger partial charge in [0.05, 0.1) is 22.7 Å². The third kappa shape index (κ3) is 5.53. The molecule has 7 nitrogen and oxygen atoms in total. The molecule has 0 aliphatic rings. The number of aliphatic hydroxyl groups excluding tert-OH is 1. The van der Waals surface area contributed by atoms with Crippen molar-refractivity contribution in [3.8, 4) is 22.9 Å². The topological polar surface area (TPSA) is 94.7 Å². The van der Waals surface area contributed by atoms with Gasteiger partial charge in [-0.1, -0.05) is 66.7 Å². The largest absolute Gasteiger partial charge is 0.473 e. The van der Waals surface area contributed by atoms with Crippen LogP contribution in [0.15, 0.2) is 91.0 Å². The van der Waals surface area contributed by atoms with Crippen LogP contribution in [0.4, 0.5) is 5.69 Å². The summed E-state index contributed by atoms with van der Waals surface area (Å²) in [4.78, 5) is 15.7. The van der Waals surface area contributed by atoms with E-state index in [4.69, 9.17) is 9.47 Å². The summed E-state index contributed by atoms with van der Waals surface area (Å²) < 4.78 is 11.8. The highest BCUT2D eigenvalue weighted by atomic mass is 16.6. The van der Waals surface area contributed by atoms with Crippen molar-refractivity contribution in [2.24, 2.45) is 0 Å². The minimum absolute atomic E-state index is 0.133. The number of ether oxygens (including phenoxy) is 2. The Kier molecular flexibility index (Phi) is 6.92. The van der Waals surface area contributed by atoms with Gasteiger partial charge in [-0.05, 0) is 28.8 Å². The zero-order valence-electron chi connectivity index (χ0n) is 17.8. The van der Waals surface area contributed by atoms with Gasteiger partial charge in [-0.15, -0.1) is 0 Å². The van der Waals surface area contributed by atoms with Crippen LogP contribution in [0.25, 0.3) is 11.1 Å². The molecule has 1 heterocycles. The summed E-state index contributed by atoms with van der Waals surface area (Å²) in [7, 11) is 0. The van der Waals surface area contributed by atoms with Gasteiger partial charge in [0.1, 0.15) is 13.2 Å². The Bertz CT molecular complexity index is 1230. The Morgan fingerprint density at radius 3 is 1.97 bits per heavy atom. The van der Waals surface area contributed by atoms with Crippen molar-refractivity contribution >= 4 is 5.69 Å². The van der Waals surface area contributed by atoms with Crippen LogP contribution in [0.3, 0.4) is 0 Å². The first kappa shape index (κ1) is 22.0. The van der Waals surface area contributed by atoms with Crippen LogP contribution in [-0.2, 0) is 19.8 Å². The van der Waals surface area contributed by atoms with E-state index in [1.54, 1.807) is 24.3 Å². The molecule has 0 atom stereocenters. The Labute approximate surface area is 191 Å². The molecule has 7 heteroatoms. The SMILES string of the molecule is O=[N+]([O-])c1cc(CO)ccc1-c1ccc(OCc2ccccc2)nc1OCc1ccccc1. The molecule has 0 saturated carbocycles. The summed E-state index contributed by atoms with van der Waals surface area (Å²) in [5.41, 5.74) is 3.06. The van der Waals surface area contributed by atoms with Crippen molar-refractivity contribution in [1.29, 1.82) is 0 Å². The lowest BCUT2D eigenvalue weighted by Crippen LogP contribution is -2.03. The van der Waals surface area contributed by atoms with E-state index in [1.165, 1.54) is 6.07 Å². The molecule has 0 saturated heterocycles. The number of nitro groups is 1. The fourth-order valence-electron chi connectivity index (χ4n) is 3.33. The van der Waals surface area contributed by atoms with Crippen LogP contribution >= 0.6 is 0 Å². The van der Waals surface area contributed by atoms with E-state index in [9.17, 15) is 15.2 Å². The van der Waals surface area contributed by atoms with E-state index in [0.29, 0.717) is 29.2 Å². The summed E-state index contributed by atoms with van der Waals surface area (Å²) >= 11 is 0. The van der Waals surface area contributed by atoms with E-state index in [-0.39, 0.29) is 24.8 Å². The van der Waals surface area contributed by atoms with Gasteiger partial charge in [-0.25, -0.2) is 0 Å². The Morgan fingerprint density at radius 1 is 0.758 bits per heavy atom. The molecule has 166 valence electrons. The second-order valence-electron chi connectivity index (χ2n) is 7.32. The van der Waals surface area contributed by atoms with Gasteiger partial charge in [0.15, 0.2) is 0 Å². The molecule has 0 fully saturated rings. The number of rotatable bonds is 9. The second-order valence-corrected chi connectivity index (χ2v) is 7.32. The number of hydrogen-bond donors (Lipinski definition) is 1. The fourth-order valence-corrected chi connectivity index (χ4v) is 3.33. The Morgan fingerprint density at radius 2 is 1.36 bits per heavy atom. The van der Waals surface area contributed by atoms with Crippen molar-refractivity contribution in [2.45, 2.75) is 19.8 Å². The lowest BCUT2D eigenvalue weighted by Gasteiger charge is -2.14. The molecule has 1 aromatic heterocycles. The van der Waals surface area contributed by atoms with Crippen molar-refractivity contribution in [2.75, 3.05) is 0 Å². The predicted molar refractivity (Wildman–Crippen MR) is 124 cm³/mol. The highest BCUT2D eigenvalue weighted by Gasteiger charge is 2.21. The molecular formula is C26H22N2O5. The molecular weight excluding hydrogens is 420 g/mol. The minimum Gasteiger partial charge on any atom is -0.473 e. The smallest absolute Gasteiger partial charge is 0.277 e. The van der Waals surface area contributed by atoms with Crippen LogP contribution in [-0.4, -0.2) is 15.0 Å². The van der Waals surface area contributed by atoms with E-state index >= 15 is 0 Å². The van der Waals surface area contributed by atoms with Crippen LogP contribution < -0.4 is 9.47 Å². The minimum atomic E-state index is -0.477. The number of aromatic nitrogens is 1. The molecule has 0 radical (unpaired) electrons. The lowest BCUT2D eigenvalue weighted by atomic mass is 10.0. The van der Waals surface area contributed by atoms with Gasteiger partial charge in [0.2, 0.25) is 11.8 Å². The van der Waals surface area contributed by atoms with Crippen molar-refractivity contribution in [1.82, 2.24) is 4.98 Å². The summed E-state index contributed by atoms with van der Waals surface area (Å²) in [6.07, 6.45) is 0. The third-order valence-electron chi connectivity index (χ3n) is 5.01. The fraction of sp³-hybridized carbons (Fsp3) is 0.115. The molecule has 0 aliphatic heterocycles. The van der Waals surface area contributed by atoms with Crippen LogP contribution in [0.1, 0.15) is 16.7 Å². The molecule has 0 spiro atoms. The van der Waals surface area contributed by atoms with Crippen LogP contribution in [0.2, 0.25) is 0 Å². The van der Waals surface area contributed by atoms with E-state index in [0.717, 1.165) is 11.1 Å². The molecule has 3 aromatic carbocycles. The normalized spacial score (nSPS) is 10.6. The molecule has 0 amide bonds. The molecule has 4 rings (SSSR count). The van der Waals surface area contributed by atoms with Crippen molar-refractivity contribution in [3.05, 3.63) is 118 Å². The Hall–Kier alpha value is -4.23. The van der Waals surface area contributed by atoms with Crippen LogP contribution in [0, 0.1) is 10.1 Å². The van der Waals surface area contributed by atoms with Gasteiger partial charge in [-0.3, -0.25) is 10.1 Å². The van der Waals surface area contributed by atoms with Gasteiger partial charge in [0, 0.05) is 12.1 Å². The summed E-state index contributed by atoms with van der Waals surface area (Å²) in [5, 5.41) is 21.1. The van der Waals surface area contributed by atoms with E-state index in [2.05, 4.69) is 4.98 Å². The predicted octanol–water partition coefficient (Wildman–Crippen LogP) is 5.31. The van der Waals surface area contributed by atoms with Gasteiger partial charge >= 0.3 is 0 Å². The van der Waals surface area contributed by atoms with Crippen molar-refractivity contribution in [3.63, 3.8) is 0 Å². The first-order valence-corrected chi connectivity index (χ1v) is 10.4. The maximum atomic E-state index is 11.7. The number of nitro benzene ring substituents is 1. The van der Waals surface area contributed by atoms with Gasteiger partial charge in [-0.2, -0.15) is 4.98 Å². The van der Waals surface area contributed by atoms with Gasteiger partial charge < -0.3 is 14.6 Å². The number of aliphatic hydroxyl groups is 1. The molecule has 0 bridgehead atoms. The lowest BCUT2D eigenvalue weighted by molar-refractivity contribution is -0.384. The second kappa shape index (κ2) is 10.4. The van der Waals surface area contributed by atoms with E-state index < -0.39 is 4.92 Å². The standard InChI is InChI=1S/C26H22N2O5/c29-16-21-11-12-22(24(15-21)28(30)31)23-13-14-25(32-17-19-7-3-1-4-8-19)27-26(23)33-18-20-9-5-2-6-10-20/h1-15,29H,16-18H2. The highest BCUT2D eigenvalue weighted by Crippen LogP contribution is 2.37.